The van der Waals surface area contributed by atoms with Gasteiger partial charge in [0.05, 0.1) is 37.6 Å². The van der Waals surface area contributed by atoms with Gasteiger partial charge in [0, 0.05) is 26.4 Å². The summed E-state index contributed by atoms with van der Waals surface area (Å²) in [6.07, 6.45) is 54.6. The Labute approximate surface area is 588 Å². The van der Waals surface area contributed by atoms with E-state index in [2.05, 4.69) is 96.9 Å². The first-order chi connectivity index (χ1) is 44.8. The summed E-state index contributed by atoms with van der Waals surface area (Å²) in [5.41, 5.74) is -1.48. The van der Waals surface area contributed by atoms with Crippen LogP contribution in [0.15, 0.2) is 0 Å². The van der Waals surface area contributed by atoms with Crippen LogP contribution in [0.2, 0.25) is 0 Å². The Bertz CT molecular complexity index is 1620. The van der Waals surface area contributed by atoms with E-state index in [0.29, 0.717) is 76.2 Å². The van der Waals surface area contributed by atoms with Crippen molar-refractivity contribution in [3.63, 3.8) is 0 Å². The molecule has 1 aliphatic heterocycles. The average molecular weight is 1330 g/mol. The summed E-state index contributed by atoms with van der Waals surface area (Å²) >= 11 is 0. The van der Waals surface area contributed by atoms with E-state index in [4.69, 9.17) is 18.9 Å². The monoisotopic (exact) mass is 1330 g/mol. The molecule has 0 aliphatic carbocycles. The highest BCUT2D eigenvalue weighted by Crippen LogP contribution is 2.31. The molecule has 0 amide bonds. The molecule has 1 aliphatic rings. The quantitative estimate of drug-likeness (QED) is 0.216. The Hall–Kier alpha value is -0.320. The Morgan fingerprint density at radius 3 is 0.681 bits per heavy atom. The van der Waals surface area contributed by atoms with Crippen molar-refractivity contribution in [3.8, 4) is 0 Å². The second-order valence-corrected chi connectivity index (χ2v) is 35.3. The molecule has 94 heavy (non-hydrogen) atoms. The van der Waals surface area contributed by atoms with Crippen LogP contribution in [0, 0.1) is 82.9 Å². The van der Waals surface area contributed by atoms with Crippen molar-refractivity contribution in [1.29, 1.82) is 0 Å². The summed E-state index contributed by atoms with van der Waals surface area (Å²) in [5, 5.41) is 42.4. The van der Waals surface area contributed by atoms with Gasteiger partial charge in [0.1, 0.15) is 12.2 Å². The molecule has 1 heterocycles. The normalized spacial score (nSPS) is 37.1. The van der Waals surface area contributed by atoms with Crippen molar-refractivity contribution < 1.29 is 39.4 Å². The smallest absolute Gasteiger partial charge is 0.104 e. The van der Waals surface area contributed by atoms with Gasteiger partial charge in [-0.15, -0.1) is 0 Å². The lowest BCUT2D eigenvalue weighted by molar-refractivity contribution is -0.0644. The molecule has 0 saturated carbocycles. The fraction of sp³-hybridized carbons (Fsp3) is 1.00. The van der Waals surface area contributed by atoms with Gasteiger partial charge in [-0.25, -0.2) is 0 Å². The SMILES string of the molecule is CC1CCCC(C)CCCC(C)CCC(C)CCCC(C)CCCC(C)CCCC(C)CCOC(CO)COCCC(C)(O)CCCC(C)CCCC(C)CCCC(C)CCC(C)CCCC(C)CCCC(C)CCCC(C)(O)CCOC(CO)COCCC(C)CCC1. The molecule has 8 nitrogen and oxygen atoms in total. The number of hydrogen-bond donors (Lipinski definition) is 4. The molecule has 1 rings (SSSR count). The van der Waals surface area contributed by atoms with Crippen LogP contribution in [-0.4, -0.2) is 96.7 Å². The molecule has 1 fully saturated rings. The van der Waals surface area contributed by atoms with E-state index in [1.807, 2.05) is 13.8 Å². The van der Waals surface area contributed by atoms with Crippen molar-refractivity contribution in [2.75, 3.05) is 52.9 Å². The van der Waals surface area contributed by atoms with Gasteiger partial charge in [-0.1, -0.05) is 341 Å². The first kappa shape index (κ1) is 91.7. The lowest BCUT2D eigenvalue weighted by atomic mass is 9.87. The van der Waals surface area contributed by atoms with E-state index < -0.39 is 11.2 Å². The molecule has 0 bridgehead atoms. The molecule has 18 atom stereocenters. The second-order valence-electron chi connectivity index (χ2n) is 35.3. The highest BCUT2D eigenvalue weighted by atomic mass is 16.5. The van der Waals surface area contributed by atoms with Crippen LogP contribution >= 0.6 is 0 Å². The molecule has 1 saturated heterocycles. The van der Waals surface area contributed by atoms with E-state index in [9.17, 15) is 20.4 Å². The van der Waals surface area contributed by atoms with Crippen molar-refractivity contribution >= 4 is 0 Å². The first-order valence-corrected chi connectivity index (χ1v) is 41.8. The molecule has 8 heteroatoms. The number of rotatable bonds is 2. The maximum Gasteiger partial charge on any atom is 0.104 e. The fourth-order valence-corrected chi connectivity index (χ4v) is 15.4. The van der Waals surface area contributed by atoms with Crippen LogP contribution in [0.5, 0.6) is 0 Å². The predicted octanol–water partition coefficient (Wildman–Crippen LogP) is 24.4. The highest BCUT2D eigenvalue weighted by molar-refractivity contribution is 4.76. The van der Waals surface area contributed by atoms with Crippen molar-refractivity contribution in [2.45, 2.75) is 417 Å². The molecule has 0 aromatic heterocycles. The van der Waals surface area contributed by atoms with Gasteiger partial charge in [0.15, 0.2) is 0 Å². The summed E-state index contributed by atoms with van der Waals surface area (Å²) in [6.45, 7) is 41.3. The third-order valence-electron chi connectivity index (χ3n) is 23.6. The predicted molar refractivity (Wildman–Crippen MR) is 408 cm³/mol. The zero-order chi connectivity index (χ0) is 69.8. The Morgan fingerprint density at radius 1 is 0.234 bits per heavy atom. The largest absolute Gasteiger partial charge is 0.394 e. The minimum Gasteiger partial charge on any atom is -0.394 e. The molecule has 564 valence electrons. The van der Waals surface area contributed by atoms with Crippen LogP contribution in [0.3, 0.4) is 0 Å². The zero-order valence-corrected chi connectivity index (χ0v) is 66.4. The van der Waals surface area contributed by atoms with Crippen LogP contribution in [0.25, 0.3) is 0 Å². The molecular formula is C86H172O8. The molecular weight excluding hydrogens is 1160 g/mol. The molecule has 4 N–H and O–H groups in total. The van der Waals surface area contributed by atoms with Gasteiger partial charge in [0.25, 0.3) is 0 Å². The fourth-order valence-electron chi connectivity index (χ4n) is 15.4. The van der Waals surface area contributed by atoms with E-state index in [0.717, 1.165) is 97.7 Å². The minimum atomic E-state index is -0.750. The molecule has 0 spiro atoms. The second kappa shape index (κ2) is 58.2. The Kier molecular flexibility index (Phi) is 56.8. The van der Waals surface area contributed by atoms with Gasteiger partial charge >= 0.3 is 0 Å². The highest BCUT2D eigenvalue weighted by Gasteiger charge is 2.24. The summed E-state index contributed by atoms with van der Waals surface area (Å²) in [6, 6.07) is 0. The summed E-state index contributed by atoms with van der Waals surface area (Å²) in [5.74, 6) is 10.9. The van der Waals surface area contributed by atoms with E-state index >= 15 is 0 Å². The first-order valence-electron chi connectivity index (χ1n) is 41.8. The maximum absolute atomic E-state index is 11.2. The summed E-state index contributed by atoms with van der Waals surface area (Å²) < 4.78 is 24.1. The molecule has 0 aromatic carbocycles. The van der Waals surface area contributed by atoms with Crippen molar-refractivity contribution in [3.05, 3.63) is 0 Å². The van der Waals surface area contributed by atoms with Gasteiger partial charge in [-0.2, -0.15) is 0 Å². The van der Waals surface area contributed by atoms with Gasteiger partial charge in [-0.3, -0.25) is 0 Å². The van der Waals surface area contributed by atoms with E-state index in [1.54, 1.807) is 0 Å². The lowest BCUT2D eigenvalue weighted by Gasteiger charge is -2.25. The maximum atomic E-state index is 11.2. The Balaban J connectivity index is 2.56. The number of aliphatic hydroxyl groups excluding tert-OH is 2. The number of aliphatic hydroxyl groups is 4. The van der Waals surface area contributed by atoms with Crippen LogP contribution in [-0.2, 0) is 18.9 Å². The summed E-state index contributed by atoms with van der Waals surface area (Å²) in [4.78, 5) is 0. The lowest BCUT2D eigenvalue weighted by Crippen LogP contribution is -2.30. The van der Waals surface area contributed by atoms with Gasteiger partial charge < -0.3 is 39.4 Å². The van der Waals surface area contributed by atoms with Crippen LogP contribution in [0.4, 0.5) is 0 Å². The van der Waals surface area contributed by atoms with Gasteiger partial charge in [0.2, 0.25) is 0 Å². The average Bonchev–Trinajstić information content (AvgIpc) is 3.08. The number of hydrogen-bond acceptors (Lipinski definition) is 8. The summed E-state index contributed by atoms with van der Waals surface area (Å²) in [7, 11) is 0. The molecule has 0 radical (unpaired) electrons. The van der Waals surface area contributed by atoms with Crippen molar-refractivity contribution in [1.82, 2.24) is 0 Å². The Morgan fingerprint density at radius 2 is 0.426 bits per heavy atom. The molecule has 18 unspecified atom stereocenters. The number of ether oxygens (including phenoxy) is 4. The molecule has 0 aromatic rings. The standard InChI is InChI=1S/C86H172O8/c1-69-29-17-31-73(5)39-25-47-81(13)55-61-91-67-84(66-88)94-64-60-86(16,90)58-28-50-76(8)42-20-34-72(4)38-24-46-80(12)54-53-79(11)45-23-37-71(3)33-19-41-75(7)49-27-57-85(15,89)59-63-92-68-83(65-87)93-62-56-82(14)48-26-40-74(6)32-18-30-70(2)36-22-44-78(10)52-51-77(9)43-21-35-69/h69-84,87-90H,17-68H2,1-16H3. The van der Waals surface area contributed by atoms with Crippen LogP contribution < -0.4 is 0 Å². The van der Waals surface area contributed by atoms with Crippen molar-refractivity contribution in [2.24, 2.45) is 82.9 Å². The third-order valence-corrected chi connectivity index (χ3v) is 23.6. The zero-order valence-electron chi connectivity index (χ0n) is 66.4. The van der Waals surface area contributed by atoms with E-state index in [-0.39, 0.29) is 25.4 Å². The van der Waals surface area contributed by atoms with Crippen LogP contribution in [0.1, 0.15) is 393 Å². The van der Waals surface area contributed by atoms with E-state index in [1.165, 1.54) is 231 Å². The minimum absolute atomic E-state index is 0.0307. The third kappa shape index (κ3) is 56.3. The van der Waals surface area contributed by atoms with Gasteiger partial charge in [-0.05, 0) is 135 Å². The topological polar surface area (TPSA) is 118 Å².